The number of hydrogen-bond acceptors (Lipinski definition) is 4. The first-order valence-corrected chi connectivity index (χ1v) is 3.96. The molecule has 0 radical (unpaired) electrons. The van der Waals surface area contributed by atoms with E-state index in [2.05, 4.69) is 16.2 Å². The molecule has 0 fully saturated rings. The van der Waals surface area contributed by atoms with E-state index in [0.29, 0.717) is 16.9 Å². The largest absolute Gasteiger partial charge is 0.396 e. The molecule has 0 saturated carbocycles. The van der Waals surface area contributed by atoms with Crippen LogP contribution in [0.15, 0.2) is 30.9 Å². The molecule has 68 valence electrons. The van der Waals surface area contributed by atoms with Gasteiger partial charge in [0.05, 0.1) is 29.8 Å². The molecule has 0 spiro atoms. The summed E-state index contributed by atoms with van der Waals surface area (Å²) in [5.41, 5.74) is 7.22. The van der Waals surface area contributed by atoms with Crippen molar-refractivity contribution in [1.82, 2.24) is 14.8 Å². The summed E-state index contributed by atoms with van der Waals surface area (Å²) in [7, 11) is 0. The minimum Gasteiger partial charge on any atom is -0.396 e. The molecule has 5 nitrogen and oxygen atoms in total. The second-order valence-corrected chi connectivity index (χ2v) is 2.72. The monoisotopic (exact) mass is 185 g/mol. The van der Waals surface area contributed by atoms with E-state index in [0.717, 1.165) is 0 Å². The van der Waals surface area contributed by atoms with Crippen LogP contribution >= 0.6 is 0 Å². The topological polar surface area (TPSA) is 80.5 Å². The molecule has 0 amide bonds. The van der Waals surface area contributed by atoms with Crippen molar-refractivity contribution in [2.75, 3.05) is 5.73 Å². The summed E-state index contributed by atoms with van der Waals surface area (Å²) in [5, 5.41) is 12.8. The van der Waals surface area contributed by atoms with Gasteiger partial charge in [0.1, 0.15) is 11.8 Å². The Balaban J connectivity index is 2.57. The van der Waals surface area contributed by atoms with Crippen molar-refractivity contribution >= 4 is 5.69 Å². The van der Waals surface area contributed by atoms with Gasteiger partial charge in [-0.2, -0.15) is 10.4 Å². The predicted molar refractivity (Wildman–Crippen MR) is 50.5 cm³/mol. The highest BCUT2D eigenvalue weighted by Gasteiger charge is 2.04. The van der Waals surface area contributed by atoms with E-state index in [9.17, 15) is 0 Å². The van der Waals surface area contributed by atoms with Crippen molar-refractivity contribution < 1.29 is 0 Å². The Morgan fingerprint density at radius 2 is 2.29 bits per heavy atom. The van der Waals surface area contributed by atoms with Gasteiger partial charge in [-0.25, -0.2) is 4.68 Å². The fourth-order valence-electron chi connectivity index (χ4n) is 1.13. The van der Waals surface area contributed by atoms with Crippen LogP contribution < -0.4 is 5.73 Å². The Kier molecular flexibility index (Phi) is 1.88. The second-order valence-electron chi connectivity index (χ2n) is 2.72. The third-order valence-electron chi connectivity index (χ3n) is 1.77. The lowest BCUT2D eigenvalue weighted by molar-refractivity contribution is 0.870. The van der Waals surface area contributed by atoms with Crippen LogP contribution in [0.1, 0.15) is 5.56 Å². The van der Waals surface area contributed by atoms with Crippen molar-refractivity contribution in [3.05, 3.63) is 36.4 Å². The first-order chi connectivity index (χ1) is 6.81. The highest BCUT2D eigenvalue weighted by molar-refractivity contribution is 5.47. The number of nitrogen functional groups attached to an aromatic ring is 1. The molecule has 2 heterocycles. The maximum Gasteiger partial charge on any atom is 0.102 e. The zero-order valence-electron chi connectivity index (χ0n) is 7.25. The summed E-state index contributed by atoms with van der Waals surface area (Å²) < 4.78 is 1.53. The fraction of sp³-hybridized carbons (Fsp3) is 0. The highest BCUT2D eigenvalue weighted by Crippen LogP contribution is 2.12. The molecule has 5 heteroatoms. The van der Waals surface area contributed by atoms with E-state index in [1.54, 1.807) is 24.7 Å². The maximum absolute atomic E-state index is 8.84. The number of nitriles is 1. The van der Waals surface area contributed by atoms with Gasteiger partial charge in [-0.1, -0.05) is 0 Å². The van der Waals surface area contributed by atoms with Crippen molar-refractivity contribution in [1.29, 1.82) is 5.26 Å². The zero-order valence-corrected chi connectivity index (χ0v) is 7.25. The van der Waals surface area contributed by atoms with E-state index in [-0.39, 0.29) is 0 Å². The van der Waals surface area contributed by atoms with E-state index in [1.807, 2.05) is 0 Å². The number of pyridine rings is 1. The Bertz CT molecular complexity index is 494. The zero-order chi connectivity index (χ0) is 9.97. The molecule has 0 saturated heterocycles. The Morgan fingerprint density at radius 3 is 2.93 bits per heavy atom. The number of anilines is 1. The Morgan fingerprint density at radius 1 is 1.43 bits per heavy atom. The van der Waals surface area contributed by atoms with Crippen LogP contribution in [0.2, 0.25) is 0 Å². The van der Waals surface area contributed by atoms with Gasteiger partial charge in [-0.15, -0.1) is 0 Å². The molecule has 0 atom stereocenters. The third-order valence-corrected chi connectivity index (χ3v) is 1.77. The van der Waals surface area contributed by atoms with Crippen LogP contribution in [-0.2, 0) is 0 Å². The van der Waals surface area contributed by atoms with E-state index in [1.165, 1.54) is 10.9 Å². The van der Waals surface area contributed by atoms with Gasteiger partial charge in [0, 0.05) is 6.20 Å². The lowest BCUT2D eigenvalue weighted by atomic mass is 10.2. The molecule has 2 N–H and O–H groups in total. The molecule has 0 bridgehead atoms. The number of hydrogen-bond donors (Lipinski definition) is 1. The first-order valence-electron chi connectivity index (χ1n) is 3.96. The number of nitrogens with two attached hydrogens (primary N) is 1. The molecule has 0 aliphatic heterocycles. The summed E-state index contributed by atoms with van der Waals surface area (Å²) in [6, 6.07) is 3.69. The summed E-state index contributed by atoms with van der Waals surface area (Å²) in [6.45, 7) is 0. The van der Waals surface area contributed by atoms with E-state index < -0.39 is 0 Å². The van der Waals surface area contributed by atoms with E-state index in [4.69, 9.17) is 11.0 Å². The first kappa shape index (κ1) is 8.26. The average molecular weight is 185 g/mol. The highest BCUT2D eigenvalue weighted by atomic mass is 15.3. The van der Waals surface area contributed by atoms with Gasteiger partial charge >= 0.3 is 0 Å². The molecule has 2 aromatic heterocycles. The third kappa shape index (κ3) is 1.29. The molecular weight excluding hydrogens is 178 g/mol. The molecule has 0 unspecified atom stereocenters. The quantitative estimate of drug-likeness (QED) is 0.709. The summed E-state index contributed by atoms with van der Waals surface area (Å²) in [4.78, 5) is 3.93. The molecule has 0 aliphatic rings. The smallest absolute Gasteiger partial charge is 0.102 e. The number of aromatic nitrogens is 3. The van der Waals surface area contributed by atoms with Crippen molar-refractivity contribution in [2.24, 2.45) is 0 Å². The summed E-state index contributed by atoms with van der Waals surface area (Å²) in [5.74, 6) is 0. The molecule has 0 aromatic carbocycles. The van der Waals surface area contributed by atoms with Gasteiger partial charge in [0.2, 0.25) is 0 Å². The van der Waals surface area contributed by atoms with Crippen LogP contribution in [0.5, 0.6) is 0 Å². The molecule has 14 heavy (non-hydrogen) atoms. The van der Waals surface area contributed by atoms with Gasteiger partial charge in [0.15, 0.2) is 0 Å². The van der Waals surface area contributed by atoms with Crippen LogP contribution in [0.25, 0.3) is 5.69 Å². The summed E-state index contributed by atoms with van der Waals surface area (Å²) in [6.07, 6.45) is 6.30. The van der Waals surface area contributed by atoms with Gasteiger partial charge < -0.3 is 5.73 Å². The van der Waals surface area contributed by atoms with E-state index >= 15 is 0 Å². The lowest BCUT2D eigenvalue weighted by Crippen LogP contribution is -1.98. The predicted octanol–water partition coefficient (Wildman–Crippen LogP) is 0.721. The van der Waals surface area contributed by atoms with Crippen LogP contribution in [-0.4, -0.2) is 14.8 Å². The Hall–Kier alpha value is -2.35. The number of nitrogens with zero attached hydrogens (tertiary/aromatic N) is 4. The van der Waals surface area contributed by atoms with Crippen molar-refractivity contribution in [2.45, 2.75) is 0 Å². The molecule has 0 aliphatic carbocycles. The normalized spacial score (nSPS) is 9.64. The standard InChI is InChI=1S/C9H7N5/c10-3-7-1-2-12-5-9(7)14-6-8(11)4-13-14/h1-2,4-6H,11H2. The molecular formula is C9H7N5. The van der Waals surface area contributed by atoms with Gasteiger partial charge in [-0.3, -0.25) is 4.98 Å². The van der Waals surface area contributed by atoms with Crippen LogP contribution in [0, 0.1) is 11.3 Å². The van der Waals surface area contributed by atoms with Crippen molar-refractivity contribution in [3.8, 4) is 11.8 Å². The fourth-order valence-corrected chi connectivity index (χ4v) is 1.13. The second kappa shape index (κ2) is 3.18. The van der Waals surface area contributed by atoms with Crippen molar-refractivity contribution in [3.63, 3.8) is 0 Å². The van der Waals surface area contributed by atoms with Crippen LogP contribution in [0.3, 0.4) is 0 Å². The maximum atomic E-state index is 8.84. The SMILES string of the molecule is N#Cc1ccncc1-n1cc(N)cn1. The Labute approximate surface area is 80.4 Å². The van der Waals surface area contributed by atoms with Gasteiger partial charge in [0.25, 0.3) is 0 Å². The minimum atomic E-state index is 0.517. The van der Waals surface area contributed by atoms with Crippen LogP contribution in [0.4, 0.5) is 5.69 Å². The van der Waals surface area contributed by atoms with Gasteiger partial charge in [-0.05, 0) is 6.07 Å². The average Bonchev–Trinajstić information content (AvgIpc) is 2.65. The lowest BCUT2D eigenvalue weighted by Gasteiger charge is -2.01. The molecule has 2 rings (SSSR count). The summed E-state index contributed by atoms with van der Waals surface area (Å²) >= 11 is 0. The molecule has 2 aromatic rings. The number of rotatable bonds is 1. The minimum absolute atomic E-state index is 0.517.